The zero-order valence-corrected chi connectivity index (χ0v) is 14.7. The minimum atomic E-state index is -3.19. The molecule has 3 aliphatic rings. The predicted octanol–water partition coefficient (Wildman–Crippen LogP) is 1.89. The molecule has 0 spiro atoms. The van der Waals surface area contributed by atoms with Crippen molar-refractivity contribution in [2.75, 3.05) is 26.3 Å². The molecule has 6 nitrogen and oxygen atoms in total. The summed E-state index contributed by atoms with van der Waals surface area (Å²) < 4.78 is 34.2. The average Bonchev–Trinajstić information content (AvgIpc) is 3.13. The molecule has 25 heavy (non-hydrogen) atoms. The summed E-state index contributed by atoms with van der Waals surface area (Å²) in [6.45, 7) is 1.89. The van der Waals surface area contributed by atoms with Gasteiger partial charge in [0, 0.05) is 18.7 Å². The second kappa shape index (κ2) is 5.65. The van der Waals surface area contributed by atoms with Crippen molar-refractivity contribution >= 4 is 10.0 Å². The third kappa shape index (κ3) is 2.29. The fourth-order valence-corrected chi connectivity index (χ4v) is 6.07. The van der Waals surface area contributed by atoms with Gasteiger partial charge < -0.3 is 9.30 Å². The predicted molar refractivity (Wildman–Crippen MR) is 93.6 cm³/mol. The molecule has 0 radical (unpaired) electrons. The van der Waals surface area contributed by atoms with Crippen LogP contribution in [0.2, 0.25) is 0 Å². The Morgan fingerprint density at radius 2 is 1.88 bits per heavy atom. The number of hydrogen-bond acceptors (Lipinski definition) is 4. The number of hydrogen-bond donors (Lipinski definition) is 0. The van der Waals surface area contributed by atoms with Crippen molar-refractivity contribution in [3.63, 3.8) is 0 Å². The van der Waals surface area contributed by atoms with E-state index >= 15 is 0 Å². The first-order valence-corrected chi connectivity index (χ1v) is 10.3. The fourth-order valence-electron chi connectivity index (χ4n) is 4.40. The Bertz CT molecular complexity index is 896. The topological polar surface area (TPSA) is 64.4 Å². The van der Waals surface area contributed by atoms with Gasteiger partial charge in [-0.3, -0.25) is 0 Å². The molecule has 1 aromatic heterocycles. The molecule has 3 aliphatic heterocycles. The van der Waals surface area contributed by atoms with E-state index in [0.717, 1.165) is 12.8 Å². The van der Waals surface area contributed by atoms with Gasteiger partial charge in [-0.05, 0) is 24.3 Å². The van der Waals surface area contributed by atoms with E-state index < -0.39 is 10.0 Å². The smallest absolute Gasteiger partial charge is 0.221 e. The van der Waals surface area contributed by atoms with Crippen molar-refractivity contribution in [3.05, 3.63) is 42.4 Å². The second-order valence-electron chi connectivity index (χ2n) is 7.16. The van der Waals surface area contributed by atoms with Gasteiger partial charge in [0.15, 0.2) is 0 Å². The Balaban J connectivity index is 1.38. The van der Waals surface area contributed by atoms with E-state index in [2.05, 4.69) is 33.8 Å². The van der Waals surface area contributed by atoms with E-state index in [4.69, 9.17) is 4.74 Å². The monoisotopic (exact) mass is 359 g/mol. The Morgan fingerprint density at radius 3 is 2.60 bits per heavy atom. The number of nitrogens with zero attached hydrogens (tertiary/aromatic N) is 3. The minimum Gasteiger partial charge on any atom is -0.378 e. The Morgan fingerprint density at radius 1 is 1.12 bits per heavy atom. The minimum absolute atomic E-state index is 0.269. The molecule has 0 saturated carbocycles. The molecule has 132 valence electrons. The van der Waals surface area contributed by atoms with Gasteiger partial charge in [-0.1, -0.05) is 24.3 Å². The summed E-state index contributed by atoms with van der Waals surface area (Å²) in [4.78, 5) is 4.33. The van der Waals surface area contributed by atoms with Gasteiger partial charge in [-0.25, -0.2) is 17.7 Å². The standard InChI is InChI=1S/C18H21N3O3S/c22-25(23,14-10-24-11-14)20-7-5-13(6-8-20)18-16-4-2-1-3-15(16)17-9-19-12-21(17)18/h1-4,9,12-14,18H,5-8,10-11H2. The average molecular weight is 359 g/mol. The number of aromatic nitrogens is 2. The van der Waals surface area contributed by atoms with Crippen LogP contribution in [0.3, 0.4) is 0 Å². The van der Waals surface area contributed by atoms with E-state index in [1.807, 2.05) is 12.5 Å². The van der Waals surface area contributed by atoms with Crippen LogP contribution >= 0.6 is 0 Å². The summed E-state index contributed by atoms with van der Waals surface area (Å²) in [5.41, 5.74) is 3.77. The molecule has 2 aromatic rings. The molecule has 0 aliphatic carbocycles. The Labute approximate surface area is 147 Å². The zero-order valence-electron chi connectivity index (χ0n) is 13.9. The lowest BCUT2D eigenvalue weighted by Gasteiger charge is -2.38. The molecule has 4 heterocycles. The lowest BCUT2D eigenvalue weighted by Crippen LogP contribution is -2.51. The van der Waals surface area contributed by atoms with E-state index in [0.29, 0.717) is 32.2 Å². The van der Waals surface area contributed by atoms with Crippen LogP contribution in [0.5, 0.6) is 0 Å². The molecule has 1 aromatic carbocycles. The zero-order chi connectivity index (χ0) is 17.0. The van der Waals surface area contributed by atoms with Gasteiger partial charge in [0.05, 0.1) is 37.5 Å². The van der Waals surface area contributed by atoms with Crippen molar-refractivity contribution in [2.45, 2.75) is 24.1 Å². The van der Waals surface area contributed by atoms with Crippen LogP contribution in [0.25, 0.3) is 11.3 Å². The molecule has 0 amide bonds. The Kier molecular flexibility index (Phi) is 3.52. The third-order valence-corrected chi connectivity index (χ3v) is 8.05. The summed E-state index contributed by atoms with van der Waals surface area (Å²) in [5.74, 6) is 0.431. The molecule has 1 unspecified atom stereocenters. The van der Waals surface area contributed by atoms with Crippen LogP contribution in [0, 0.1) is 5.92 Å². The maximum Gasteiger partial charge on any atom is 0.221 e. The van der Waals surface area contributed by atoms with Crippen LogP contribution < -0.4 is 0 Å². The highest BCUT2D eigenvalue weighted by Crippen LogP contribution is 2.45. The second-order valence-corrected chi connectivity index (χ2v) is 9.37. The number of ether oxygens (including phenoxy) is 1. The molecule has 7 heteroatoms. The number of piperidine rings is 1. The molecule has 5 rings (SSSR count). The van der Waals surface area contributed by atoms with Crippen molar-refractivity contribution in [1.29, 1.82) is 0 Å². The van der Waals surface area contributed by atoms with Crippen LogP contribution in [0.15, 0.2) is 36.8 Å². The third-order valence-electron chi connectivity index (χ3n) is 5.85. The number of sulfonamides is 1. The van der Waals surface area contributed by atoms with Crippen LogP contribution in [0.4, 0.5) is 0 Å². The highest BCUT2D eigenvalue weighted by Gasteiger charge is 2.41. The van der Waals surface area contributed by atoms with Gasteiger partial charge in [0.1, 0.15) is 5.25 Å². The van der Waals surface area contributed by atoms with Gasteiger partial charge in [-0.15, -0.1) is 0 Å². The SMILES string of the molecule is O=S(=O)(C1COC1)N1CCC(C2c3ccccc3-c3cncn32)CC1. The first-order chi connectivity index (χ1) is 12.2. The lowest BCUT2D eigenvalue weighted by molar-refractivity contribution is 0.0385. The Hall–Kier alpha value is -1.70. The summed E-state index contributed by atoms with van der Waals surface area (Å²) in [6, 6.07) is 8.77. The summed E-state index contributed by atoms with van der Waals surface area (Å²) >= 11 is 0. The van der Waals surface area contributed by atoms with Crippen LogP contribution in [0.1, 0.15) is 24.4 Å². The first-order valence-electron chi connectivity index (χ1n) is 8.84. The van der Waals surface area contributed by atoms with Crippen molar-refractivity contribution < 1.29 is 13.2 Å². The molecule has 2 saturated heterocycles. The number of benzene rings is 1. The van der Waals surface area contributed by atoms with Crippen LogP contribution in [-0.4, -0.2) is 53.8 Å². The van der Waals surface area contributed by atoms with Crippen LogP contribution in [-0.2, 0) is 14.8 Å². The molecule has 0 bridgehead atoms. The summed E-state index contributed by atoms with van der Waals surface area (Å²) in [6.07, 6.45) is 5.59. The molecular formula is C18H21N3O3S. The fraction of sp³-hybridized carbons (Fsp3) is 0.500. The van der Waals surface area contributed by atoms with Gasteiger partial charge in [0.2, 0.25) is 10.0 Å². The molecule has 1 atom stereocenters. The van der Waals surface area contributed by atoms with Crippen molar-refractivity contribution in [1.82, 2.24) is 13.9 Å². The summed E-state index contributed by atoms with van der Waals surface area (Å²) in [7, 11) is -3.19. The van der Waals surface area contributed by atoms with E-state index in [1.165, 1.54) is 16.8 Å². The van der Waals surface area contributed by atoms with Crippen molar-refractivity contribution in [3.8, 4) is 11.3 Å². The number of fused-ring (bicyclic) bond motifs is 3. The largest absolute Gasteiger partial charge is 0.378 e. The maximum absolute atomic E-state index is 12.6. The quantitative estimate of drug-likeness (QED) is 0.840. The molecule has 0 N–H and O–H groups in total. The van der Waals surface area contributed by atoms with E-state index in [-0.39, 0.29) is 11.3 Å². The first kappa shape index (κ1) is 15.5. The highest BCUT2D eigenvalue weighted by molar-refractivity contribution is 7.89. The molecular weight excluding hydrogens is 338 g/mol. The highest BCUT2D eigenvalue weighted by atomic mass is 32.2. The summed E-state index contributed by atoms with van der Waals surface area (Å²) in [5, 5.41) is -0.337. The van der Waals surface area contributed by atoms with E-state index in [9.17, 15) is 8.42 Å². The van der Waals surface area contributed by atoms with Crippen molar-refractivity contribution in [2.24, 2.45) is 5.92 Å². The number of imidazole rings is 1. The lowest BCUT2D eigenvalue weighted by atomic mass is 9.86. The molecule has 2 fully saturated rings. The van der Waals surface area contributed by atoms with E-state index in [1.54, 1.807) is 4.31 Å². The van der Waals surface area contributed by atoms with Gasteiger partial charge in [-0.2, -0.15) is 0 Å². The van der Waals surface area contributed by atoms with Gasteiger partial charge >= 0.3 is 0 Å². The normalized spacial score (nSPS) is 24.7. The maximum atomic E-state index is 12.6. The number of rotatable bonds is 3. The van der Waals surface area contributed by atoms with Gasteiger partial charge in [0.25, 0.3) is 0 Å².